The number of rotatable bonds is 5. The summed E-state index contributed by atoms with van der Waals surface area (Å²) in [6.07, 6.45) is 2.87. The Balaban J connectivity index is 1.57. The molecule has 9 heteroatoms. The summed E-state index contributed by atoms with van der Waals surface area (Å²) >= 11 is 0. The fraction of sp³-hybridized carbons (Fsp3) is 0.400. The Bertz CT molecular complexity index is 962. The van der Waals surface area contributed by atoms with E-state index in [2.05, 4.69) is 20.5 Å². The van der Waals surface area contributed by atoms with Gasteiger partial charge in [0.15, 0.2) is 0 Å². The van der Waals surface area contributed by atoms with Gasteiger partial charge in [0.25, 0.3) is 0 Å². The van der Waals surface area contributed by atoms with Crippen molar-refractivity contribution in [1.82, 2.24) is 14.2 Å². The summed E-state index contributed by atoms with van der Waals surface area (Å²) in [4.78, 5) is 18.6. The van der Waals surface area contributed by atoms with E-state index in [-0.39, 0.29) is 12.1 Å². The van der Waals surface area contributed by atoms with Gasteiger partial charge in [0.05, 0.1) is 18.1 Å². The molecule has 0 spiro atoms. The molecule has 1 atom stereocenters. The van der Waals surface area contributed by atoms with Gasteiger partial charge in [-0.1, -0.05) is 12.1 Å². The van der Waals surface area contributed by atoms with Gasteiger partial charge in [0, 0.05) is 43.6 Å². The highest BCUT2D eigenvalue weighted by Gasteiger charge is 2.29. The number of piperazine rings is 1. The van der Waals surface area contributed by atoms with Crippen LogP contribution in [0.2, 0.25) is 0 Å². The number of pyridine rings is 1. The lowest BCUT2D eigenvalue weighted by Gasteiger charge is -2.38. The first-order valence-electron chi connectivity index (χ1n) is 9.49. The van der Waals surface area contributed by atoms with E-state index >= 15 is 0 Å². The third-order valence-corrected chi connectivity index (χ3v) is 6.23. The van der Waals surface area contributed by atoms with E-state index in [9.17, 15) is 13.2 Å². The van der Waals surface area contributed by atoms with E-state index in [1.807, 2.05) is 44.2 Å². The van der Waals surface area contributed by atoms with Crippen LogP contribution in [0.4, 0.5) is 16.2 Å². The molecule has 2 aromatic rings. The first kappa shape index (κ1) is 21.2. The molecule has 29 heavy (non-hydrogen) atoms. The highest BCUT2D eigenvalue weighted by molar-refractivity contribution is 7.88. The zero-order valence-electron chi connectivity index (χ0n) is 16.9. The Morgan fingerprint density at radius 1 is 1.17 bits per heavy atom. The molecular weight excluding hydrogens is 390 g/mol. The van der Waals surface area contributed by atoms with Crippen molar-refractivity contribution in [3.8, 4) is 0 Å². The lowest BCUT2D eigenvalue weighted by molar-refractivity contribution is 0.138. The molecule has 2 amide bonds. The second-order valence-corrected chi connectivity index (χ2v) is 9.36. The monoisotopic (exact) mass is 417 g/mol. The summed E-state index contributed by atoms with van der Waals surface area (Å²) in [5.41, 5.74) is 3.26. The highest BCUT2D eigenvalue weighted by atomic mass is 32.2. The van der Waals surface area contributed by atoms with Gasteiger partial charge in [-0.3, -0.25) is 9.88 Å². The number of hydrogen-bond acceptors (Lipinski definition) is 5. The van der Waals surface area contributed by atoms with Crippen LogP contribution in [0.15, 0.2) is 42.6 Å². The summed E-state index contributed by atoms with van der Waals surface area (Å²) < 4.78 is 25.2. The fourth-order valence-electron chi connectivity index (χ4n) is 3.49. The van der Waals surface area contributed by atoms with Gasteiger partial charge in [0.1, 0.15) is 0 Å². The number of carbonyl (C=O) groups is 1. The molecule has 1 aromatic carbocycles. The van der Waals surface area contributed by atoms with E-state index in [0.717, 1.165) is 11.3 Å². The zero-order valence-corrected chi connectivity index (χ0v) is 17.7. The summed E-state index contributed by atoms with van der Waals surface area (Å²) in [5, 5.41) is 5.59. The summed E-state index contributed by atoms with van der Waals surface area (Å²) in [6, 6.07) is 10.9. The van der Waals surface area contributed by atoms with Gasteiger partial charge in [0.2, 0.25) is 10.0 Å². The molecule has 2 N–H and O–H groups in total. The summed E-state index contributed by atoms with van der Waals surface area (Å²) in [5.74, 6) is 0. The number of hydrogen-bond donors (Lipinski definition) is 2. The third kappa shape index (κ3) is 5.99. The fourth-order valence-corrected chi connectivity index (χ4v) is 4.63. The minimum Gasteiger partial charge on any atom is -0.308 e. The number of aryl methyl sites for hydroxylation is 1. The molecule has 1 aliphatic heterocycles. The molecule has 2 heterocycles. The normalized spacial score (nSPS) is 18.4. The van der Waals surface area contributed by atoms with E-state index in [4.69, 9.17) is 0 Å². The standard InChI is InChI=1S/C20H27N5O3S/c1-15-7-8-19(12-21-15)23-20(26)22-18-6-4-5-17(11-18)14-24-9-10-25(16(2)13-24)29(3,27)28/h4-8,11-12,16H,9-10,13-14H2,1-3H3,(H2,22,23,26)/t16-/m0/s1. The van der Waals surface area contributed by atoms with Crippen molar-refractivity contribution < 1.29 is 13.2 Å². The van der Waals surface area contributed by atoms with Crippen molar-refractivity contribution in [2.75, 3.05) is 36.5 Å². The number of nitrogens with one attached hydrogen (secondary N) is 2. The Morgan fingerprint density at radius 2 is 1.93 bits per heavy atom. The van der Waals surface area contributed by atoms with Crippen molar-refractivity contribution in [2.45, 2.75) is 26.4 Å². The Hall–Kier alpha value is -2.49. The Labute approximate surface area is 172 Å². The summed E-state index contributed by atoms with van der Waals surface area (Å²) in [6.45, 7) is 6.35. The van der Waals surface area contributed by atoms with Crippen LogP contribution >= 0.6 is 0 Å². The van der Waals surface area contributed by atoms with Crippen LogP contribution in [-0.4, -0.2) is 60.6 Å². The lowest BCUT2D eigenvalue weighted by atomic mass is 10.1. The maximum absolute atomic E-state index is 12.2. The lowest BCUT2D eigenvalue weighted by Crippen LogP contribution is -2.53. The minimum atomic E-state index is -3.17. The molecular formula is C20H27N5O3S. The highest BCUT2D eigenvalue weighted by Crippen LogP contribution is 2.18. The number of anilines is 2. The number of carbonyl (C=O) groups excluding carboxylic acids is 1. The molecule has 156 valence electrons. The molecule has 0 unspecified atom stereocenters. The molecule has 0 aliphatic carbocycles. The van der Waals surface area contributed by atoms with Crippen LogP contribution in [0.1, 0.15) is 18.2 Å². The molecule has 8 nitrogen and oxygen atoms in total. The van der Waals surface area contributed by atoms with Crippen molar-refractivity contribution in [2.24, 2.45) is 0 Å². The molecule has 3 rings (SSSR count). The third-order valence-electron chi connectivity index (χ3n) is 4.84. The number of nitrogens with zero attached hydrogens (tertiary/aromatic N) is 3. The van der Waals surface area contributed by atoms with Crippen LogP contribution in [-0.2, 0) is 16.6 Å². The van der Waals surface area contributed by atoms with Crippen LogP contribution < -0.4 is 10.6 Å². The molecule has 1 fully saturated rings. The van der Waals surface area contributed by atoms with Crippen molar-refractivity contribution >= 4 is 27.4 Å². The minimum absolute atomic E-state index is 0.0612. The number of urea groups is 1. The first-order valence-corrected chi connectivity index (χ1v) is 11.3. The number of sulfonamides is 1. The quantitative estimate of drug-likeness (QED) is 0.779. The maximum atomic E-state index is 12.2. The molecule has 0 bridgehead atoms. The average molecular weight is 418 g/mol. The molecule has 1 aromatic heterocycles. The topological polar surface area (TPSA) is 94.6 Å². The van der Waals surface area contributed by atoms with Gasteiger partial charge in [-0.2, -0.15) is 4.31 Å². The van der Waals surface area contributed by atoms with Crippen LogP contribution in [0.5, 0.6) is 0 Å². The van der Waals surface area contributed by atoms with E-state index < -0.39 is 10.0 Å². The van der Waals surface area contributed by atoms with Gasteiger partial charge in [-0.05, 0) is 43.7 Å². The van der Waals surface area contributed by atoms with Gasteiger partial charge in [-0.15, -0.1) is 0 Å². The Morgan fingerprint density at radius 3 is 2.59 bits per heavy atom. The van der Waals surface area contributed by atoms with Crippen molar-refractivity contribution in [1.29, 1.82) is 0 Å². The molecule has 0 radical (unpaired) electrons. The zero-order chi connectivity index (χ0) is 21.0. The SMILES string of the molecule is Cc1ccc(NC(=O)Nc2cccc(CN3CCN(S(C)(=O)=O)[C@@H](C)C3)c2)cn1. The largest absolute Gasteiger partial charge is 0.323 e. The predicted molar refractivity (Wildman–Crippen MR) is 114 cm³/mol. The second kappa shape index (κ2) is 8.89. The first-order chi connectivity index (χ1) is 13.7. The van der Waals surface area contributed by atoms with Crippen molar-refractivity contribution in [3.63, 3.8) is 0 Å². The van der Waals surface area contributed by atoms with Gasteiger partial charge in [-0.25, -0.2) is 13.2 Å². The van der Waals surface area contributed by atoms with E-state index in [0.29, 0.717) is 37.6 Å². The molecule has 1 saturated heterocycles. The van der Waals surface area contributed by atoms with Crippen molar-refractivity contribution in [3.05, 3.63) is 53.9 Å². The van der Waals surface area contributed by atoms with E-state index in [1.165, 1.54) is 6.26 Å². The number of benzene rings is 1. The Kier molecular flexibility index (Phi) is 6.51. The molecule has 0 saturated carbocycles. The number of aromatic nitrogens is 1. The smallest absolute Gasteiger partial charge is 0.308 e. The van der Waals surface area contributed by atoms with Gasteiger partial charge < -0.3 is 10.6 Å². The van der Waals surface area contributed by atoms with Crippen LogP contribution in [0, 0.1) is 6.92 Å². The van der Waals surface area contributed by atoms with Gasteiger partial charge >= 0.3 is 6.03 Å². The maximum Gasteiger partial charge on any atom is 0.323 e. The second-order valence-electron chi connectivity index (χ2n) is 7.43. The molecule has 1 aliphatic rings. The predicted octanol–water partition coefficient (Wildman–Crippen LogP) is 2.50. The average Bonchev–Trinajstić information content (AvgIpc) is 2.63. The van der Waals surface area contributed by atoms with E-state index in [1.54, 1.807) is 16.6 Å². The number of amides is 2. The van der Waals surface area contributed by atoms with Crippen LogP contribution in [0.25, 0.3) is 0 Å². The van der Waals surface area contributed by atoms with Crippen LogP contribution in [0.3, 0.4) is 0 Å². The summed E-state index contributed by atoms with van der Waals surface area (Å²) in [7, 11) is -3.17.